The van der Waals surface area contributed by atoms with Gasteiger partial charge >= 0.3 is 0 Å². The van der Waals surface area contributed by atoms with Crippen LogP contribution in [0.15, 0.2) is 0 Å². The van der Waals surface area contributed by atoms with Gasteiger partial charge in [0.2, 0.25) is 5.91 Å². The first-order valence-corrected chi connectivity index (χ1v) is 6.88. The first-order chi connectivity index (χ1) is 8.15. The SMILES string of the molecule is CCCCC(=O)NC1(C#N)CCC(CC)CC1. The standard InChI is InChI=1S/C14H24N2O/c1-3-5-6-13(17)16-14(11-15)9-7-12(4-2)8-10-14/h12H,3-10H2,1-2H3,(H,16,17). The molecule has 1 amide bonds. The monoisotopic (exact) mass is 236 g/mol. The number of carbonyl (C=O) groups is 1. The molecule has 0 aromatic rings. The van der Waals surface area contributed by atoms with E-state index in [9.17, 15) is 10.1 Å². The van der Waals surface area contributed by atoms with E-state index >= 15 is 0 Å². The number of nitriles is 1. The number of unbranched alkanes of at least 4 members (excludes halogenated alkanes) is 1. The molecule has 0 aromatic heterocycles. The molecule has 1 rings (SSSR count). The molecule has 1 aliphatic carbocycles. The Morgan fingerprint density at radius 3 is 2.53 bits per heavy atom. The second kappa shape index (κ2) is 6.64. The zero-order valence-corrected chi connectivity index (χ0v) is 11.1. The van der Waals surface area contributed by atoms with Crippen molar-refractivity contribution in [3.63, 3.8) is 0 Å². The van der Waals surface area contributed by atoms with Crippen LogP contribution < -0.4 is 5.32 Å². The molecule has 0 atom stereocenters. The highest BCUT2D eigenvalue weighted by Gasteiger charge is 2.36. The molecule has 1 fully saturated rings. The van der Waals surface area contributed by atoms with Crippen LogP contribution in [0.4, 0.5) is 0 Å². The zero-order valence-electron chi connectivity index (χ0n) is 11.1. The molecule has 0 aromatic carbocycles. The Hall–Kier alpha value is -1.04. The second-order valence-corrected chi connectivity index (χ2v) is 5.20. The maximum Gasteiger partial charge on any atom is 0.221 e. The van der Waals surface area contributed by atoms with Gasteiger partial charge in [-0.1, -0.05) is 26.7 Å². The van der Waals surface area contributed by atoms with Crippen LogP contribution in [0.25, 0.3) is 0 Å². The Kier molecular flexibility index (Phi) is 5.47. The van der Waals surface area contributed by atoms with Gasteiger partial charge in [0.05, 0.1) is 6.07 Å². The lowest BCUT2D eigenvalue weighted by Gasteiger charge is -2.35. The molecule has 96 valence electrons. The Balaban J connectivity index is 2.48. The summed E-state index contributed by atoms with van der Waals surface area (Å²) in [6.07, 6.45) is 7.44. The van der Waals surface area contributed by atoms with E-state index in [0.717, 1.165) is 44.4 Å². The maximum absolute atomic E-state index is 11.7. The molecular weight excluding hydrogens is 212 g/mol. The fourth-order valence-electron chi connectivity index (χ4n) is 2.51. The van der Waals surface area contributed by atoms with E-state index in [4.69, 9.17) is 0 Å². The third kappa shape index (κ3) is 4.03. The van der Waals surface area contributed by atoms with Crippen molar-refractivity contribution < 1.29 is 4.79 Å². The van der Waals surface area contributed by atoms with Crippen LogP contribution in [0.3, 0.4) is 0 Å². The Labute approximate surface area is 105 Å². The molecule has 3 heteroatoms. The number of amides is 1. The van der Waals surface area contributed by atoms with Gasteiger partial charge in [0, 0.05) is 6.42 Å². The van der Waals surface area contributed by atoms with Crippen molar-refractivity contribution in [2.45, 2.75) is 70.8 Å². The number of nitrogens with one attached hydrogen (secondary N) is 1. The first-order valence-electron chi connectivity index (χ1n) is 6.88. The highest BCUT2D eigenvalue weighted by molar-refractivity contribution is 5.77. The van der Waals surface area contributed by atoms with Crippen LogP contribution in [0.5, 0.6) is 0 Å². The number of hydrogen-bond acceptors (Lipinski definition) is 2. The van der Waals surface area contributed by atoms with Crippen molar-refractivity contribution in [2.24, 2.45) is 5.92 Å². The summed E-state index contributed by atoms with van der Waals surface area (Å²) >= 11 is 0. The maximum atomic E-state index is 11.7. The van der Waals surface area contributed by atoms with Gasteiger partial charge in [-0.2, -0.15) is 5.26 Å². The average molecular weight is 236 g/mol. The predicted molar refractivity (Wildman–Crippen MR) is 68.3 cm³/mol. The van der Waals surface area contributed by atoms with E-state index in [0.29, 0.717) is 6.42 Å². The molecule has 0 spiro atoms. The van der Waals surface area contributed by atoms with Gasteiger partial charge in [-0.15, -0.1) is 0 Å². The van der Waals surface area contributed by atoms with E-state index in [1.807, 2.05) is 0 Å². The van der Waals surface area contributed by atoms with Crippen LogP contribution >= 0.6 is 0 Å². The van der Waals surface area contributed by atoms with Gasteiger partial charge in [0.15, 0.2) is 0 Å². The van der Waals surface area contributed by atoms with E-state index in [2.05, 4.69) is 25.2 Å². The van der Waals surface area contributed by atoms with Crippen molar-refractivity contribution in [2.75, 3.05) is 0 Å². The highest BCUT2D eigenvalue weighted by Crippen LogP contribution is 2.33. The molecule has 1 saturated carbocycles. The minimum Gasteiger partial charge on any atom is -0.338 e. The van der Waals surface area contributed by atoms with Crippen molar-refractivity contribution in [3.8, 4) is 6.07 Å². The summed E-state index contributed by atoms with van der Waals surface area (Å²) in [6.45, 7) is 4.27. The number of nitrogens with zero attached hydrogens (tertiary/aromatic N) is 1. The van der Waals surface area contributed by atoms with Crippen LogP contribution in [-0.2, 0) is 4.79 Å². The average Bonchev–Trinajstić information content (AvgIpc) is 2.37. The van der Waals surface area contributed by atoms with Gasteiger partial charge in [-0.25, -0.2) is 0 Å². The van der Waals surface area contributed by atoms with Crippen molar-refractivity contribution >= 4 is 5.91 Å². The summed E-state index contributed by atoms with van der Waals surface area (Å²) in [5, 5.41) is 12.3. The van der Waals surface area contributed by atoms with Crippen molar-refractivity contribution in [1.29, 1.82) is 5.26 Å². The van der Waals surface area contributed by atoms with Crippen LogP contribution in [0.2, 0.25) is 0 Å². The van der Waals surface area contributed by atoms with Crippen LogP contribution in [0, 0.1) is 17.2 Å². The molecule has 1 N–H and O–H groups in total. The lowest BCUT2D eigenvalue weighted by atomic mass is 9.76. The molecular formula is C14H24N2O. The molecule has 0 radical (unpaired) electrons. The normalized spacial score (nSPS) is 28.4. The van der Waals surface area contributed by atoms with E-state index in [1.165, 1.54) is 6.42 Å². The number of rotatable bonds is 5. The molecule has 17 heavy (non-hydrogen) atoms. The van der Waals surface area contributed by atoms with E-state index < -0.39 is 5.54 Å². The largest absolute Gasteiger partial charge is 0.338 e. The lowest BCUT2D eigenvalue weighted by molar-refractivity contribution is -0.123. The smallest absolute Gasteiger partial charge is 0.221 e. The summed E-state index contributed by atoms with van der Waals surface area (Å²) in [5.74, 6) is 0.785. The van der Waals surface area contributed by atoms with Crippen molar-refractivity contribution in [3.05, 3.63) is 0 Å². The fraction of sp³-hybridized carbons (Fsp3) is 0.857. The molecule has 1 aliphatic rings. The van der Waals surface area contributed by atoms with E-state index in [-0.39, 0.29) is 5.91 Å². The topological polar surface area (TPSA) is 52.9 Å². The number of hydrogen-bond donors (Lipinski definition) is 1. The minimum absolute atomic E-state index is 0.0448. The first kappa shape index (κ1) is 14.0. The van der Waals surface area contributed by atoms with Gasteiger partial charge in [0.1, 0.15) is 5.54 Å². The lowest BCUT2D eigenvalue weighted by Crippen LogP contribution is -2.49. The predicted octanol–water partition coefficient (Wildman–Crippen LogP) is 3.16. The fourth-order valence-corrected chi connectivity index (χ4v) is 2.51. The van der Waals surface area contributed by atoms with Gasteiger partial charge in [-0.3, -0.25) is 4.79 Å². The summed E-state index contributed by atoms with van der Waals surface area (Å²) in [4.78, 5) is 11.7. The molecule has 0 unspecified atom stereocenters. The van der Waals surface area contributed by atoms with Crippen LogP contribution in [0.1, 0.15) is 65.2 Å². The Bertz CT molecular complexity index is 285. The highest BCUT2D eigenvalue weighted by atomic mass is 16.1. The zero-order chi connectivity index (χ0) is 12.7. The Morgan fingerprint density at radius 1 is 1.41 bits per heavy atom. The van der Waals surface area contributed by atoms with Gasteiger partial charge < -0.3 is 5.32 Å². The van der Waals surface area contributed by atoms with Crippen LogP contribution in [-0.4, -0.2) is 11.4 Å². The van der Waals surface area contributed by atoms with Gasteiger partial charge in [-0.05, 0) is 38.0 Å². The Morgan fingerprint density at radius 2 is 2.06 bits per heavy atom. The number of carbonyl (C=O) groups excluding carboxylic acids is 1. The van der Waals surface area contributed by atoms with Gasteiger partial charge in [0.25, 0.3) is 0 Å². The quantitative estimate of drug-likeness (QED) is 0.797. The molecule has 3 nitrogen and oxygen atoms in total. The molecule has 0 aliphatic heterocycles. The molecule has 0 saturated heterocycles. The third-order valence-electron chi connectivity index (χ3n) is 3.89. The second-order valence-electron chi connectivity index (χ2n) is 5.20. The summed E-state index contributed by atoms with van der Waals surface area (Å²) in [5.41, 5.74) is -0.573. The minimum atomic E-state index is -0.573. The third-order valence-corrected chi connectivity index (χ3v) is 3.89. The van der Waals surface area contributed by atoms with Crippen molar-refractivity contribution in [1.82, 2.24) is 5.32 Å². The molecule has 0 heterocycles. The summed E-state index contributed by atoms with van der Waals surface area (Å²) in [7, 11) is 0. The summed E-state index contributed by atoms with van der Waals surface area (Å²) in [6, 6.07) is 2.34. The molecule has 0 bridgehead atoms. The van der Waals surface area contributed by atoms with E-state index in [1.54, 1.807) is 0 Å². The summed E-state index contributed by atoms with van der Waals surface area (Å²) < 4.78 is 0.